The molecule has 0 radical (unpaired) electrons. The zero-order valence-corrected chi connectivity index (χ0v) is 19.5. The molecule has 0 amide bonds. The fraction of sp³-hybridized carbons (Fsp3) is 0.885. The average Bonchev–Trinajstić information content (AvgIpc) is 2.77. The molecule has 176 valence electrons. The number of aliphatic hydroxyl groups is 2. The minimum atomic E-state index is -0.173. The summed E-state index contributed by atoms with van der Waals surface area (Å²) in [5.41, 5.74) is 0. The highest BCUT2D eigenvalue weighted by Crippen LogP contribution is 2.28. The molecule has 4 heteroatoms. The molecule has 0 aromatic rings. The Morgan fingerprint density at radius 3 is 2.33 bits per heavy atom. The van der Waals surface area contributed by atoms with Crippen LogP contribution in [0.1, 0.15) is 116 Å². The quantitative estimate of drug-likeness (QED) is 0.153. The van der Waals surface area contributed by atoms with Crippen LogP contribution in [0.25, 0.3) is 0 Å². The number of carbonyl (C=O) groups is 1. The van der Waals surface area contributed by atoms with E-state index in [2.05, 4.69) is 19.1 Å². The Hall–Kier alpha value is -0.870. The third-order valence-corrected chi connectivity index (χ3v) is 6.42. The van der Waals surface area contributed by atoms with Crippen molar-refractivity contribution < 1.29 is 19.7 Å². The molecule has 1 saturated carbocycles. The Morgan fingerprint density at radius 2 is 1.60 bits per heavy atom. The smallest absolute Gasteiger partial charge is 0.305 e. The third kappa shape index (κ3) is 15.0. The first-order valence-corrected chi connectivity index (χ1v) is 12.7. The van der Waals surface area contributed by atoms with Crippen molar-refractivity contribution in [2.45, 2.75) is 122 Å². The highest BCUT2D eigenvalue weighted by molar-refractivity contribution is 5.69. The summed E-state index contributed by atoms with van der Waals surface area (Å²) < 4.78 is 5.45. The van der Waals surface area contributed by atoms with Gasteiger partial charge in [-0.15, -0.1) is 0 Å². The summed E-state index contributed by atoms with van der Waals surface area (Å²) in [6.45, 7) is 3.07. The molecule has 30 heavy (non-hydrogen) atoms. The maximum absolute atomic E-state index is 11.9. The van der Waals surface area contributed by atoms with E-state index in [9.17, 15) is 9.90 Å². The van der Waals surface area contributed by atoms with Crippen molar-refractivity contribution in [3.8, 4) is 0 Å². The second kappa shape index (κ2) is 18.9. The molecular formula is C26H48O4. The van der Waals surface area contributed by atoms with Crippen molar-refractivity contribution in [2.75, 3.05) is 13.2 Å². The second-order valence-corrected chi connectivity index (χ2v) is 9.27. The minimum absolute atomic E-state index is 0.0459. The maximum atomic E-state index is 11.9. The monoisotopic (exact) mass is 424 g/mol. The fourth-order valence-corrected chi connectivity index (χ4v) is 4.22. The summed E-state index contributed by atoms with van der Waals surface area (Å²) in [6.07, 6.45) is 22.3. The number of allylic oxidation sites excluding steroid dienone is 1. The molecule has 0 spiro atoms. The molecule has 1 atom stereocenters. The van der Waals surface area contributed by atoms with Gasteiger partial charge in [-0.05, 0) is 69.6 Å². The van der Waals surface area contributed by atoms with Gasteiger partial charge in [0.25, 0.3) is 0 Å². The molecule has 0 bridgehead atoms. The van der Waals surface area contributed by atoms with Gasteiger partial charge >= 0.3 is 5.97 Å². The van der Waals surface area contributed by atoms with Gasteiger partial charge < -0.3 is 14.9 Å². The number of rotatable bonds is 18. The first-order chi connectivity index (χ1) is 14.7. The van der Waals surface area contributed by atoms with E-state index in [1.165, 1.54) is 38.5 Å². The zero-order valence-electron chi connectivity index (χ0n) is 19.5. The summed E-state index contributed by atoms with van der Waals surface area (Å²) in [5.74, 6) is 0.904. The number of esters is 1. The van der Waals surface area contributed by atoms with Crippen molar-refractivity contribution in [3.63, 3.8) is 0 Å². The van der Waals surface area contributed by atoms with E-state index in [-0.39, 0.29) is 12.1 Å². The Labute approximate surface area is 185 Å². The van der Waals surface area contributed by atoms with E-state index in [0.717, 1.165) is 64.2 Å². The topological polar surface area (TPSA) is 66.8 Å². The van der Waals surface area contributed by atoms with Crippen LogP contribution < -0.4 is 0 Å². The number of aliphatic hydroxyl groups excluding tert-OH is 2. The Balaban J connectivity index is 1.86. The number of hydrogen-bond acceptors (Lipinski definition) is 4. The zero-order chi connectivity index (χ0) is 21.9. The van der Waals surface area contributed by atoms with Gasteiger partial charge in [0.1, 0.15) is 0 Å². The minimum Gasteiger partial charge on any atom is -0.465 e. The summed E-state index contributed by atoms with van der Waals surface area (Å²) in [7, 11) is 0. The fourth-order valence-electron chi connectivity index (χ4n) is 4.22. The van der Waals surface area contributed by atoms with Crippen molar-refractivity contribution in [2.24, 2.45) is 11.8 Å². The molecule has 0 saturated heterocycles. The predicted octanol–water partition coefficient (Wildman–Crippen LogP) is 6.34. The normalized spacial score (nSPS) is 20.5. The number of carbonyl (C=O) groups excluding carboxylic acids is 1. The van der Waals surface area contributed by atoms with Gasteiger partial charge in [0.05, 0.1) is 12.7 Å². The lowest BCUT2D eigenvalue weighted by Crippen LogP contribution is -2.22. The van der Waals surface area contributed by atoms with Gasteiger partial charge in [-0.2, -0.15) is 0 Å². The number of hydrogen-bond donors (Lipinski definition) is 2. The molecule has 0 aromatic carbocycles. The number of unbranched alkanes of at least 4 members (excludes halogenated alkanes) is 8. The lowest BCUT2D eigenvalue weighted by molar-refractivity contribution is -0.145. The van der Waals surface area contributed by atoms with Crippen LogP contribution in [0.2, 0.25) is 0 Å². The molecule has 0 unspecified atom stereocenters. The molecular weight excluding hydrogens is 376 g/mol. The summed E-state index contributed by atoms with van der Waals surface area (Å²) in [6, 6.07) is 0. The van der Waals surface area contributed by atoms with Gasteiger partial charge in [0.2, 0.25) is 0 Å². The van der Waals surface area contributed by atoms with Gasteiger partial charge in [0, 0.05) is 13.0 Å². The SMILES string of the molecule is CCCCCC[C@@H](O)C/C=C\CCCCCCCC(=O)OCC1CCC(CO)CC1. The first-order valence-electron chi connectivity index (χ1n) is 12.7. The first kappa shape index (κ1) is 27.2. The molecule has 0 heterocycles. The van der Waals surface area contributed by atoms with Gasteiger partial charge in [-0.3, -0.25) is 4.79 Å². The molecule has 0 aromatic heterocycles. The molecule has 1 aliphatic rings. The standard InChI is InChI=1S/C26H48O4/c1-2-3-4-11-14-25(28)15-12-9-7-5-6-8-10-13-16-26(29)30-22-24-19-17-23(21-27)18-20-24/h9,12,23-25,27-28H,2-8,10-11,13-22H2,1H3/b12-9-/t23?,24?,25-/m1/s1. The van der Waals surface area contributed by atoms with E-state index >= 15 is 0 Å². The third-order valence-electron chi connectivity index (χ3n) is 6.42. The van der Waals surface area contributed by atoms with E-state index in [1.54, 1.807) is 0 Å². The van der Waals surface area contributed by atoms with Crippen molar-refractivity contribution in [1.82, 2.24) is 0 Å². The average molecular weight is 425 g/mol. The lowest BCUT2D eigenvalue weighted by Gasteiger charge is -2.26. The summed E-state index contributed by atoms with van der Waals surface area (Å²) >= 11 is 0. The van der Waals surface area contributed by atoms with E-state index in [4.69, 9.17) is 9.84 Å². The van der Waals surface area contributed by atoms with Crippen LogP contribution >= 0.6 is 0 Å². The Morgan fingerprint density at radius 1 is 0.933 bits per heavy atom. The molecule has 1 rings (SSSR count). The van der Waals surface area contributed by atoms with Gasteiger partial charge in [-0.1, -0.05) is 64.0 Å². The van der Waals surface area contributed by atoms with E-state index < -0.39 is 0 Å². The van der Waals surface area contributed by atoms with Crippen LogP contribution in [-0.2, 0) is 9.53 Å². The van der Waals surface area contributed by atoms with Crippen molar-refractivity contribution in [3.05, 3.63) is 12.2 Å². The summed E-state index contributed by atoms with van der Waals surface area (Å²) in [5, 5.41) is 19.1. The molecule has 1 aliphatic carbocycles. The van der Waals surface area contributed by atoms with Gasteiger partial charge in [0.15, 0.2) is 0 Å². The molecule has 4 nitrogen and oxygen atoms in total. The van der Waals surface area contributed by atoms with Crippen molar-refractivity contribution in [1.29, 1.82) is 0 Å². The van der Waals surface area contributed by atoms with Crippen LogP contribution in [0, 0.1) is 11.8 Å². The van der Waals surface area contributed by atoms with Crippen LogP contribution in [0.5, 0.6) is 0 Å². The highest BCUT2D eigenvalue weighted by Gasteiger charge is 2.21. The van der Waals surface area contributed by atoms with Crippen LogP contribution in [0.15, 0.2) is 12.2 Å². The predicted molar refractivity (Wildman–Crippen MR) is 124 cm³/mol. The Bertz CT molecular complexity index is 427. The molecule has 1 fully saturated rings. The van der Waals surface area contributed by atoms with Crippen LogP contribution in [0.3, 0.4) is 0 Å². The second-order valence-electron chi connectivity index (χ2n) is 9.27. The number of ether oxygens (including phenoxy) is 1. The van der Waals surface area contributed by atoms with E-state index in [0.29, 0.717) is 31.5 Å². The van der Waals surface area contributed by atoms with E-state index in [1.807, 2.05) is 0 Å². The Kier molecular flexibility index (Phi) is 17.1. The van der Waals surface area contributed by atoms with Crippen molar-refractivity contribution >= 4 is 5.97 Å². The van der Waals surface area contributed by atoms with Gasteiger partial charge in [-0.25, -0.2) is 0 Å². The van der Waals surface area contributed by atoms with Crippen LogP contribution in [-0.4, -0.2) is 35.5 Å². The van der Waals surface area contributed by atoms with Crippen LogP contribution in [0.4, 0.5) is 0 Å². The molecule has 0 aliphatic heterocycles. The molecule has 2 N–H and O–H groups in total. The largest absolute Gasteiger partial charge is 0.465 e. The lowest BCUT2D eigenvalue weighted by atomic mass is 9.83. The maximum Gasteiger partial charge on any atom is 0.305 e. The highest BCUT2D eigenvalue weighted by atomic mass is 16.5. The summed E-state index contributed by atoms with van der Waals surface area (Å²) in [4.78, 5) is 11.9.